The summed E-state index contributed by atoms with van der Waals surface area (Å²) in [6, 6.07) is 16.5. The maximum atomic E-state index is 9.53. The topological polar surface area (TPSA) is 23.5 Å². The summed E-state index contributed by atoms with van der Waals surface area (Å²) in [6.45, 7) is 0.839. The van der Waals surface area contributed by atoms with Crippen LogP contribution >= 0.6 is 0 Å². The van der Waals surface area contributed by atoms with Gasteiger partial charge in [0.25, 0.3) is 0 Å². The van der Waals surface area contributed by atoms with Crippen LogP contribution in [0.5, 0.6) is 5.75 Å². The van der Waals surface area contributed by atoms with Crippen LogP contribution in [0, 0.1) is 6.07 Å². The second-order valence-electron chi connectivity index (χ2n) is 4.35. The van der Waals surface area contributed by atoms with E-state index in [2.05, 4.69) is 17.0 Å². The van der Waals surface area contributed by atoms with Crippen LogP contribution in [0.2, 0.25) is 0 Å². The lowest BCUT2D eigenvalue weighted by molar-refractivity contribution is 0.403. The Bertz CT molecular complexity index is 506. The fraction of sp³-hybridized carbons (Fsp3) is 0.200. The lowest BCUT2D eigenvalue weighted by atomic mass is 9.99. The Morgan fingerprint density at radius 2 is 2.00 bits per heavy atom. The van der Waals surface area contributed by atoms with Crippen LogP contribution < -0.4 is 0 Å². The molecule has 0 saturated carbocycles. The van der Waals surface area contributed by atoms with Crippen molar-refractivity contribution in [2.45, 2.75) is 6.54 Å². The number of benzene rings is 2. The van der Waals surface area contributed by atoms with Crippen molar-refractivity contribution in [1.29, 1.82) is 0 Å². The van der Waals surface area contributed by atoms with Crippen LogP contribution in [0.4, 0.5) is 0 Å². The molecule has 2 aromatic carbocycles. The standard InChI is InChI=1S/C15H16NO/c1-16(2)11-13-6-3-4-9-15(13)12-7-5-8-14(17)10-12/h3-5,7-10,17H,11H2,1-2H3. The van der Waals surface area contributed by atoms with Crippen LogP contribution in [0.3, 0.4) is 0 Å². The molecular weight excluding hydrogens is 210 g/mol. The van der Waals surface area contributed by atoms with Crippen molar-refractivity contribution in [2.24, 2.45) is 0 Å². The quantitative estimate of drug-likeness (QED) is 0.869. The molecule has 0 saturated heterocycles. The Labute approximate surface area is 102 Å². The Balaban J connectivity index is 2.44. The Kier molecular flexibility index (Phi) is 3.45. The third-order valence-electron chi connectivity index (χ3n) is 2.57. The first-order chi connectivity index (χ1) is 8.16. The van der Waals surface area contributed by atoms with Gasteiger partial charge in [-0.05, 0) is 49.0 Å². The maximum absolute atomic E-state index is 9.53. The van der Waals surface area contributed by atoms with E-state index >= 15 is 0 Å². The molecule has 0 amide bonds. The minimum absolute atomic E-state index is 0.294. The summed E-state index contributed by atoms with van der Waals surface area (Å²) in [7, 11) is 4.07. The van der Waals surface area contributed by atoms with E-state index in [1.807, 2.05) is 38.4 Å². The minimum Gasteiger partial charge on any atom is -0.508 e. The van der Waals surface area contributed by atoms with Crippen molar-refractivity contribution >= 4 is 0 Å². The highest BCUT2D eigenvalue weighted by Gasteiger charge is 2.06. The predicted molar refractivity (Wildman–Crippen MR) is 69.8 cm³/mol. The molecule has 0 heterocycles. The molecule has 87 valence electrons. The average Bonchev–Trinajstić information content (AvgIpc) is 2.29. The van der Waals surface area contributed by atoms with Gasteiger partial charge >= 0.3 is 0 Å². The van der Waals surface area contributed by atoms with Gasteiger partial charge in [-0.2, -0.15) is 0 Å². The Hall–Kier alpha value is -1.80. The molecule has 0 aliphatic heterocycles. The molecule has 0 aliphatic carbocycles. The smallest absolute Gasteiger partial charge is 0.116 e. The molecule has 0 atom stereocenters. The summed E-state index contributed by atoms with van der Waals surface area (Å²) >= 11 is 0. The molecule has 0 fully saturated rings. The highest BCUT2D eigenvalue weighted by Crippen LogP contribution is 2.26. The fourth-order valence-corrected chi connectivity index (χ4v) is 1.86. The number of hydrogen-bond acceptors (Lipinski definition) is 2. The van der Waals surface area contributed by atoms with Gasteiger partial charge in [-0.1, -0.05) is 30.3 Å². The number of aromatic hydroxyl groups is 1. The molecule has 2 aromatic rings. The number of phenolic OH excluding ortho intramolecular Hbond substituents is 1. The van der Waals surface area contributed by atoms with E-state index in [1.165, 1.54) is 0 Å². The molecule has 2 nitrogen and oxygen atoms in total. The average molecular weight is 226 g/mol. The summed E-state index contributed by atoms with van der Waals surface area (Å²) in [5.41, 5.74) is 3.29. The van der Waals surface area contributed by atoms with Gasteiger partial charge in [0.2, 0.25) is 0 Å². The van der Waals surface area contributed by atoms with Gasteiger partial charge < -0.3 is 10.0 Å². The van der Waals surface area contributed by atoms with E-state index in [-0.39, 0.29) is 0 Å². The molecule has 0 aromatic heterocycles. The second-order valence-corrected chi connectivity index (χ2v) is 4.35. The van der Waals surface area contributed by atoms with Gasteiger partial charge in [0.05, 0.1) is 0 Å². The molecule has 2 heteroatoms. The van der Waals surface area contributed by atoms with Crippen molar-refractivity contribution in [1.82, 2.24) is 4.90 Å². The molecule has 0 bridgehead atoms. The minimum atomic E-state index is 0.294. The zero-order valence-electron chi connectivity index (χ0n) is 10.1. The van der Waals surface area contributed by atoms with Crippen LogP contribution in [0.1, 0.15) is 5.56 Å². The largest absolute Gasteiger partial charge is 0.508 e. The predicted octanol–water partition coefficient (Wildman–Crippen LogP) is 2.92. The van der Waals surface area contributed by atoms with Gasteiger partial charge in [0, 0.05) is 6.54 Å². The van der Waals surface area contributed by atoms with E-state index < -0.39 is 0 Å². The first kappa shape index (κ1) is 11.7. The normalized spacial score (nSPS) is 10.8. The van der Waals surface area contributed by atoms with E-state index in [1.54, 1.807) is 12.1 Å². The third-order valence-corrected chi connectivity index (χ3v) is 2.57. The number of hydrogen-bond donors (Lipinski definition) is 1. The zero-order valence-corrected chi connectivity index (χ0v) is 10.1. The number of rotatable bonds is 3. The summed E-state index contributed by atoms with van der Waals surface area (Å²) in [5, 5.41) is 9.53. The van der Waals surface area contributed by atoms with Gasteiger partial charge in [-0.25, -0.2) is 0 Å². The Morgan fingerprint density at radius 3 is 2.71 bits per heavy atom. The van der Waals surface area contributed by atoms with E-state index in [0.717, 1.165) is 23.2 Å². The molecule has 1 radical (unpaired) electrons. The molecule has 2 rings (SSSR count). The fourth-order valence-electron chi connectivity index (χ4n) is 1.86. The van der Waals surface area contributed by atoms with E-state index in [0.29, 0.717) is 5.75 Å². The molecule has 0 spiro atoms. The van der Waals surface area contributed by atoms with Crippen molar-refractivity contribution in [2.75, 3.05) is 14.1 Å². The van der Waals surface area contributed by atoms with Crippen LogP contribution in [0.15, 0.2) is 42.5 Å². The summed E-state index contributed by atoms with van der Waals surface area (Å²) in [6.07, 6.45) is 0. The Morgan fingerprint density at radius 1 is 1.18 bits per heavy atom. The van der Waals surface area contributed by atoms with Crippen molar-refractivity contribution in [3.05, 3.63) is 54.1 Å². The summed E-state index contributed by atoms with van der Waals surface area (Å²) < 4.78 is 0. The van der Waals surface area contributed by atoms with Crippen molar-refractivity contribution in [3.63, 3.8) is 0 Å². The van der Waals surface area contributed by atoms with Gasteiger partial charge in [0.1, 0.15) is 5.75 Å². The monoisotopic (exact) mass is 226 g/mol. The van der Waals surface area contributed by atoms with Gasteiger partial charge in [-0.15, -0.1) is 0 Å². The third kappa shape index (κ3) is 2.86. The van der Waals surface area contributed by atoms with Gasteiger partial charge in [0.15, 0.2) is 0 Å². The number of nitrogens with zero attached hydrogens (tertiary/aromatic N) is 1. The van der Waals surface area contributed by atoms with Crippen molar-refractivity contribution in [3.8, 4) is 16.9 Å². The molecular formula is C15H16NO. The van der Waals surface area contributed by atoms with Gasteiger partial charge in [-0.3, -0.25) is 0 Å². The maximum Gasteiger partial charge on any atom is 0.116 e. The number of phenols is 1. The van der Waals surface area contributed by atoms with Crippen LogP contribution in [-0.4, -0.2) is 24.1 Å². The first-order valence-electron chi connectivity index (χ1n) is 5.60. The molecule has 0 unspecified atom stereocenters. The first-order valence-corrected chi connectivity index (χ1v) is 5.60. The zero-order chi connectivity index (χ0) is 12.3. The van der Waals surface area contributed by atoms with Crippen LogP contribution in [-0.2, 0) is 6.54 Å². The highest BCUT2D eigenvalue weighted by molar-refractivity contribution is 5.68. The highest BCUT2D eigenvalue weighted by atomic mass is 16.3. The molecule has 1 N–H and O–H groups in total. The SMILES string of the molecule is CN(C)Cc1[c]cccc1-c1cccc(O)c1. The lowest BCUT2D eigenvalue weighted by Crippen LogP contribution is -2.11. The summed E-state index contributed by atoms with van der Waals surface area (Å²) in [5.74, 6) is 0.294. The van der Waals surface area contributed by atoms with E-state index in [9.17, 15) is 5.11 Å². The van der Waals surface area contributed by atoms with E-state index in [4.69, 9.17) is 0 Å². The van der Waals surface area contributed by atoms with Crippen molar-refractivity contribution < 1.29 is 5.11 Å². The second kappa shape index (κ2) is 5.02. The lowest BCUT2D eigenvalue weighted by Gasteiger charge is -2.14. The molecule has 0 aliphatic rings. The summed E-state index contributed by atoms with van der Waals surface area (Å²) in [4.78, 5) is 2.11. The van der Waals surface area contributed by atoms with Crippen LogP contribution in [0.25, 0.3) is 11.1 Å². The molecule has 17 heavy (non-hydrogen) atoms.